The standard InChI is InChI=1S/C20H19ClN4O3/c1-12-11-23-25(15-9-7-14(8-10-15)18(22)26)19(12)24-20(27)28-13(2)16-5-3-4-6-17(16)21/h3-11,13H,1-2H3,(H2,22,26)(H,24,27)/t13-/m1/s1. The van der Waals surface area contributed by atoms with Crippen molar-refractivity contribution in [3.8, 4) is 5.69 Å². The zero-order chi connectivity index (χ0) is 20.3. The fraction of sp³-hybridized carbons (Fsp3) is 0.150. The van der Waals surface area contributed by atoms with Crippen LogP contribution in [0.1, 0.15) is 34.5 Å². The Hall–Kier alpha value is -3.32. The molecule has 0 saturated carbocycles. The summed E-state index contributed by atoms with van der Waals surface area (Å²) in [4.78, 5) is 23.6. The van der Waals surface area contributed by atoms with Crippen molar-refractivity contribution in [1.29, 1.82) is 0 Å². The van der Waals surface area contributed by atoms with E-state index in [0.717, 1.165) is 5.56 Å². The number of hydrogen-bond donors (Lipinski definition) is 2. The van der Waals surface area contributed by atoms with Gasteiger partial charge in [0.25, 0.3) is 0 Å². The van der Waals surface area contributed by atoms with Gasteiger partial charge in [0.2, 0.25) is 5.91 Å². The highest BCUT2D eigenvalue weighted by atomic mass is 35.5. The van der Waals surface area contributed by atoms with Crippen molar-refractivity contribution in [3.05, 3.63) is 76.4 Å². The average molecular weight is 399 g/mol. The van der Waals surface area contributed by atoms with Crippen LogP contribution in [0.15, 0.2) is 54.7 Å². The first-order chi connectivity index (χ1) is 13.4. The van der Waals surface area contributed by atoms with E-state index in [2.05, 4.69) is 10.4 Å². The lowest BCUT2D eigenvalue weighted by Gasteiger charge is -2.16. The van der Waals surface area contributed by atoms with E-state index in [4.69, 9.17) is 22.1 Å². The molecular formula is C20H19ClN4O3. The van der Waals surface area contributed by atoms with E-state index >= 15 is 0 Å². The third-order valence-electron chi connectivity index (χ3n) is 4.20. The van der Waals surface area contributed by atoms with Gasteiger partial charge in [-0.05, 0) is 44.2 Å². The second-order valence-electron chi connectivity index (χ2n) is 6.19. The summed E-state index contributed by atoms with van der Waals surface area (Å²) in [6.07, 6.45) is 0.459. The van der Waals surface area contributed by atoms with Crippen molar-refractivity contribution >= 4 is 29.4 Å². The minimum Gasteiger partial charge on any atom is -0.441 e. The molecule has 1 aromatic heterocycles. The Morgan fingerprint density at radius 1 is 1.18 bits per heavy atom. The topological polar surface area (TPSA) is 99.2 Å². The Morgan fingerprint density at radius 3 is 2.50 bits per heavy atom. The zero-order valence-electron chi connectivity index (χ0n) is 15.3. The van der Waals surface area contributed by atoms with Gasteiger partial charge in [-0.2, -0.15) is 5.10 Å². The molecule has 2 aromatic carbocycles. The van der Waals surface area contributed by atoms with Gasteiger partial charge < -0.3 is 10.5 Å². The summed E-state index contributed by atoms with van der Waals surface area (Å²) < 4.78 is 6.99. The maximum Gasteiger partial charge on any atom is 0.413 e. The second-order valence-corrected chi connectivity index (χ2v) is 6.60. The first-order valence-electron chi connectivity index (χ1n) is 8.53. The molecular weight excluding hydrogens is 380 g/mol. The number of nitrogens with zero attached hydrogens (tertiary/aromatic N) is 2. The van der Waals surface area contributed by atoms with Crippen LogP contribution in [0.25, 0.3) is 5.69 Å². The van der Waals surface area contributed by atoms with Gasteiger partial charge >= 0.3 is 6.09 Å². The number of anilines is 1. The zero-order valence-corrected chi connectivity index (χ0v) is 16.1. The van der Waals surface area contributed by atoms with Crippen LogP contribution in [0.4, 0.5) is 10.6 Å². The van der Waals surface area contributed by atoms with Crippen molar-refractivity contribution in [2.45, 2.75) is 20.0 Å². The number of aromatic nitrogens is 2. The van der Waals surface area contributed by atoms with Crippen molar-refractivity contribution in [2.75, 3.05) is 5.32 Å². The normalized spacial score (nSPS) is 11.7. The van der Waals surface area contributed by atoms with Gasteiger partial charge in [0.05, 0.1) is 11.9 Å². The van der Waals surface area contributed by atoms with Gasteiger partial charge in [0, 0.05) is 21.7 Å². The number of hydrogen-bond acceptors (Lipinski definition) is 4. The molecule has 0 fully saturated rings. The lowest BCUT2D eigenvalue weighted by atomic mass is 10.1. The monoisotopic (exact) mass is 398 g/mol. The maximum atomic E-state index is 12.4. The van der Waals surface area contributed by atoms with Gasteiger partial charge in [-0.25, -0.2) is 9.48 Å². The molecule has 0 radical (unpaired) electrons. The van der Waals surface area contributed by atoms with Gasteiger partial charge in [-0.1, -0.05) is 29.8 Å². The van der Waals surface area contributed by atoms with Crippen LogP contribution in [0.2, 0.25) is 5.02 Å². The Kier molecular flexibility index (Phi) is 5.65. The summed E-state index contributed by atoms with van der Waals surface area (Å²) in [6, 6.07) is 13.7. The molecule has 0 unspecified atom stereocenters. The predicted molar refractivity (Wildman–Crippen MR) is 107 cm³/mol. The van der Waals surface area contributed by atoms with Crippen LogP contribution in [0.5, 0.6) is 0 Å². The molecule has 3 rings (SSSR count). The average Bonchev–Trinajstić information content (AvgIpc) is 3.02. The number of benzene rings is 2. The number of nitrogens with two attached hydrogens (primary N) is 1. The van der Waals surface area contributed by atoms with Crippen molar-refractivity contribution in [1.82, 2.24) is 9.78 Å². The van der Waals surface area contributed by atoms with E-state index in [1.807, 2.05) is 19.1 Å². The molecule has 144 valence electrons. The van der Waals surface area contributed by atoms with Crippen LogP contribution in [-0.4, -0.2) is 21.8 Å². The summed E-state index contributed by atoms with van der Waals surface area (Å²) in [5.41, 5.74) is 7.77. The van der Waals surface area contributed by atoms with E-state index < -0.39 is 18.1 Å². The number of aryl methyl sites for hydroxylation is 1. The number of nitrogens with one attached hydrogen (secondary N) is 1. The summed E-state index contributed by atoms with van der Waals surface area (Å²) in [5, 5.41) is 7.52. The molecule has 0 saturated heterocycles. The van der Waals surface area contributed by atoms with Crippen LogP contribution >= 0.6 is 11.6 Å². The second kappa shape index (κ2) is 8.14. The lowest BCUT2D eigenvalue weighted by Crippen LogP contribution is -2.19. The largest absolute Gasteiger partial charge is 0.441 e. The third-order valence-corrected chi connectivity index (χ3v) is 4.54. The van der Waals surface area contributed by atoms with Crippen molar-refractivity contribution in [2.24, 2.45) is 5.73 Å². The molecule has 3 aromatic rings. The van der Waals surface area contributed by atoms with E-state index in [9.17, 15) is 9.59 Å². The van der Waals surface area contributed by atoms with E-state index in [0.29, 0.717) is 27.7 Å². The molecule has 0 aliphatic rings. The Labute approximate surface area is 167 Å². The molecule has 0 bridgehead atoms. The molecule has 3 N–H and O–H groups in total. The van der Waals surface area contributed by atoms with Crippen LogP contribution in [0, 0.1) is 6.92 Å². The predicted octanol–water partition coefficient (Wildman–Crippen LogP) is 4.24. The fourth-order valence-electron chi connectivity index (χ4n) is 2.70. The van der Waals surface area contributed by atoms with Crippen LogP contribution in [0.3, 0.4) is 0 Å². The quantitative estimate of drug-likeness (QED) is 0.671. The molecule has 0 aliphatic carbocycles. The van der Waals surface area contributed by atoms with E-state index in [1.54, 1.807) is 54.2 Å². The fourth-order valence-corrected chi connectivity index (χ4v) is 2.99. The number of primary amides is 1. The molecule has 28 heavy (non-hydrogen) atoms. The van der Waals surface area contributed by atoms with Crippen LogP contribution < -0.4 is 11.1 Å². The molecule has 7 nitrogen and oxygen atoms in total. The third kappa shape index (κ3) is 4.15. The first-order valence-corrected chi connectivity index (χ1v) is 8.91. The Morgan fingerprint density at radius 2 is 1.86 bits per heavy atom. The molecule has 0 spiro atoms. The Bertz CT molecular complexity index is 1010. The first kappa shape index (κ1) is 19.4. The molecule has 8 heteroatoms. The van der Waals surface area contributed by atoms with E-state index in [-0.39, 0.29) is 0 Å². The summed E-state index contributed by atoms with van der Waals surface area (Å²) in [5.74, 6) is -0.0538. The number of rotatable bonds is 5. The molecule has 0 aliphatic heterocycles. The summed E-state index contributed by atoms with van der Waals surface area (Å²) in [7, 11) is 0. The lowest BCUT2D eigenvalue weighted by molar-refractivity contribution is 0.1000. The van der Waals surface area contributed by atoms with Crippen molar-refractivity contribution in [3.63, 3.8) is 0 Å². The summed E-state index contributed by atoms with van der Waals surface area (Å²) >= 11 is 6.15. The van der Waals surface area contributed by atoms with Gasteiger partial charge in [-0.15, -0.1) is 0 Å². The van der Waals surface area contributed by atoms with E-state index in [1.165, 1.54) is 0 Å². The smallest absolute Gasteiger partial charge is 0.413 e. The highest BCUT2D eigenvalue weighted by Gasteiger charge is 2.18. The number of carbonyl (C=O) groups is 2. The maximum absolute atomic E-state index is 12.4. The van der Waals surface area contributed by atoms with Gasteiger partial charge in [0.15, 0.2) is 0 Å². The molecule has 2 amide bonds. The van der Waals surface area contributed by atoms with Crippen molar-refractivity contribution < 1.29 is 14.3 Å². The van der Waals surface area contributed by atoms with Crippen LogP contribution in [-0.2, 0) is 4.74 Å². The minimum absolute atomic E-state index is 0.384. The minimum atomic E-state index is -0.633. The molecule has 1 heterocycles. The van der Waals surface area contributed by atoms with Gasteiger partial charge in [0.1, 0.15) is 11.9 Å². The number of halogens is 1. The Balaban J connectivity index is 1.77. The number of amides is 2. The summed E-state index contributed by atoms with van der Waals surface area (Å²) in [6.45, 7) is 3.56. The number of ether oxygens (including phenoxy) is 1. The highest BCUT2D eigenvalue weighted by molar-refractivity contribution is 6.31. The highest BCUT2D eigenvalue weighted by Crippen LogP contribution is 2.26. The SMILES string of the molecule is Cc1cnn(-c2ccc(C(N)=O)cc2)c1NC(=O)O[C@H](C)c1ccccc1Cl. The molecule has 1 atom stereocenters. The van der Waals surface area contributed by atoms with Gasteiger partial charge in [-0.3, -0.25) is 10.1 Å². The number of carbonyl (C=O) groups excluding carboxylic acids is 2.